The van der Waals surface area contributed by atoms with Gasteiger partial charge < -0.3 is 4.90 Å². The predicted molar refractivity (Wildman–Crippen MR) is 87.9 cm³/mol. The Hall–Kier alpha value is -1.83. The summed E-state index contributed by atoms with van der Waals surface area (Å²) in [6.45, 7) is 10.3. The van der Waals surface area contributed by atoms with Gasteiger partial charge in [-0.3, -0.25) is 0 Å². The average Bonchev–Trinajstić information content (AvgIpc) is 2.45. The highest BCUT2D eigenvalue weighted by Crippen LogP contribution is 2.14. The van der Waals surface area contributed by atoms with Gasteiger partial charge in [0.25, 0.3) is 0 Å². The molecule has 0 heterocycles. The molecule has 0 bridgehead atoms. The van der Waals surface area contributed by atoms with Crippen LogP contribution in [-0.4, -0.2) is 12.4 Å². The van der Waals surface area contributed by atoms with E-state index in [-0.39, 0.29) is 0 Å². The van der Waals surface area contributed by atoms with Gasteiger partial charge in [0.1, 0.15) is 0 Å². The Morgan fingerprint density at radius 1 is 1.05 bits per heavy atom. The molecule has 104 valence electrons. The van der Waals surface area contributed by atoms with E-state index in [2.05, 4.69) is 35.9 Å². The van der Waals surface area contributed by atoms with Crippen LogP contribution in [-0.2, 0) is 0 Å². The lowest BCUT2D eigenvalue weighted by molar-refractivity contribution is 0.815. The lowest BCUT2D eigenvalue weighted by Crippen LogP contribution is -2.28. The summed E-state index contributed by atoms with van der Waals surface area (Å²) in [7, 11) is 0. The Balaban J connectivity index is 0.00000154. The van der Waals surface area contributed by atoms with Gasteiger partial charge in [0.15, 0.2) is 0 Å². The van der Waals surface area contributed by atoms with Gasteiger partial charge in [-0.25, -0.2) is 4.99 Å². The van der Waals surface area contributed by atoms with E-state index in [0.29, 0.717) is 6.04 Å². The summed E-state index contributed by atoms with van der Waals surface area (Å²) in [5, 5.41) is 0. The molecule has 0 N–H and O–H groups in total. The van der Waals surface area contributed by atoms with E-state index in [4.69, 9.17) is 0 Å². The molecule has 0 aliphatic rings. The van der Waals surface area contributed by atoms with Gasteiger partial charge in [0.2, 0.25) is 0 Å². The second kappa shape index (κ2) is 11.3. The monoisotopic (exact) mass is 258 g/mol. The lowest BCUT2D eigenvalue weighted by atomic mass is 10.2. The molecular formula is C17H26N2. The minimum Gasteiger partial charge on any atom is -0.330 e. The molecule has 0 aromatic heterocycles. The third kappa shape index (κ3) is 7.24. The van der Waals surface area contributed by atoms with Gasteiger partial charge in [-0.2, -0.15) is 0 Å². The third-order valence-corrected chi connectivity index (χ3v) is 2.28. The maximum Gasteiger partial charge on any atom is 0.0951 e. The smallest absolute Gasteiger partial charge is 0.0951 e. The third-order valence-electron chi connectivity index (χ3n) is 2.28. The summed E-state index contributed by atoms with van der Waals surface area (Å²) in [4.78, 5) is 6.41. The fourth-order valence-corrected chi connectivity index (χ4v) is 1.42. The Morgan fingerprint density at radius 2 is 1.68 bits per heavy atom. The number of rotatable bonds is 5. The van der Waals surface area contributed by atoms with E-state index in [1.54, 1.807) is 6.20 Å². The van der Waals surface area contributed by atoms with Crippen LogP contribution in [0.5, 0.6) is 0 Å². The second-order valence-corrected chi connectivity index (χ2v) is 3.97. The maximum atomic E-state index is 4.28. The molecule has 1 aromatic rings. The molecule has 1 rings (SSSR count). The van der Waals surface area contributed by atoms with Crippen LogP contribution in [0.2, 0.25) is 0 Å². The Bertz CT molecular complexity index is 389. The highest BCUT2D eigenvalue weighted by molar-refractivity contribution is 5.79. The van der Waals surface area contributed by atoms with Gasteiger partial charge in [-0.1, -0.05) is 44.2 Å². The minimum atomic E-state index is 0.385. The van der Waals surface area contributed by atoms with E-state index >= 15 is 0 Å². The quantitative estimate of drug-likeness (QED) is 0.410. The number of para-hydroxylation sites is 1. The Labute approximate surface area is 118 Å². The minimum absolute atomic E-state index is 0.385. The molecule has 0 saturated carbocycles. The molecule has 0 unspecified atom stereocenters. The summed E-state index contributed by atoms with van der Waals surface area (Å²) in [5.74, 6) is 0. The van der Waals surface area contributed by atoms with Gasteiger partial charge in [0, 0.05) is 17.9 Å². The molecule has 0 amide bonds. The van der Waals surface area contributed by atoms with Crippen LogP contribution in [0.4, 0.5) is 5.69 Å². The van der Waals surface area contributed by atoms with Gasteiger partial charge in [-0.05, 0) is 39.0 Å². The molecular weight excluding hydrogens is 232 g/mol. The summed E-state index contributed by atoms with van der Waals surface area (Å²) in [6.07, 6.45) is 9.50. The zero-order valence-electron chi connectivity index (χ0n) is 12.7. The normalized spacial score (nSPS) is 11.3. The van der Waals surface area contributed by atoms with Crippen molar-refractivity contribution in [2.45, 2.75) is 40.7 Å². The number of aliphatic imine (C=N–C) groups is 1. The fourth-order valence-electron chi connectivity index (χ4n) is 1.42. The van der Waals surface area contributed by atoms with Crippen molar-refractivity contribution in [1.29, 1.82) is 0 Å². The molecule has 2 nitrogen and oxygen atoms in total. The van der Waals surface area contributed by atoms with Gasteiger partial charge in [-0.15, -0.1) is 0 Å². The topological polar surface area (TPSA) is 15.6 Å². The second-order valence-electron chi connectivity index (χ2n) is 3.97. The van der Waals surface area contributed by atoms with Crippen LogP contribution in [0.25, 0.3) is 0 Å². The van der Waals surface area contributed by atoms with E-state index in [0.717, 1.165) is 5.69 Å². The first kappa shape index (κ1) is 17.2. The number of nitrogens with zero attached hydrogens (tertiary/aromatic N) is 2. The summed E-state index contributed by atoms with van der Waals surface area (Å²) >= 11 is 0. The van der Waals surface area contributed by atoms with Crippen LogP contribution >= 0.6 is 0 Å². The van der Waals surface area contributed by atoms with Crippen LogP contribution in [0.3, 0.4) is 0 Å². The molecule has 0 radical (unpaired) electrons. The first-order valence-corrected chi connectivity index (χ1v) is 6.90. The molecule has 0 saturated heterocycles. The number of allylic oxidation sites excluding steroid dienone is 3. The van der Waals surface area contributed by atoms with Crippen molar-refractivity contribution in [3.63, 3.8) is 0 Å². The van der Waals surface area contributed by atoms with Crippen LogP contribution in [0, 0.1) is 0 Å². The molecule has 2 heteroatoms. The summed E-state index contributed by atoms with van der Waals surface area (Å²) < 4.78 is 0. The number of benzene rings is 1. The van der Waals surface area contributed by atoms with Crippen molar-refractivity contribution in [2.75, 3.05) is 4.90 Å². The molecule has 1 aromatic carbocycles. The lowest BCUT2D eigenvalue weighted by Gasteiger charge is -2.23. The van der Waals surface area contributed by atoms with Crippen molar-refractivity contribution in [2.24, 2.45) is 4.99 Å². The zero-order chi connectivity index (χ0) is 14.5. The first-order valence-electron chi connectivity index (χ1n) is 6.90. The van der Waals surface area contributed by atoms with Crippen molar-refractivity contribution in [1.82, 2.24) is 0 Å². The fraction of sp³-hybridized carbons (Fsp3) is 0.353. The van der Waals surface area contributed by atoms with E-state index < -0.39 is 0 Å². The standard InChI is InChI=1S/C15H20N2.C2H6/c1-4-5-9-12-16-13-17(14(2)3)15-10-7-6-8-11-15;1-2/h4-14H,1-3H3;1-2H3/b5-4-,12-9-,16-13?;. The highest BCUT2D eigenvalue weighted by atomic mass is 15.2. The van der Waals surface area contributed by atoms with Crippen molar-refractivity contribution >= 4 is 12.0 Å². The largest absolute Gasteiger partial charge is 0.330 e. The van der Waals surface area contributed by atoms with E-state index in [1.165, 1.54) is 0 Å². The SMILES string of the molecule is C/C=C\C=C/N=CN(c1ccccc1)C(C)C.CC. The number of anilines is 1. The summed E-state index contributed by atoms with van der Waals surface area (Å²) in [5.41, 5.74) is 1.16. The predicted octanol–water partition coefficient (Wildman–Crippen LogP) is 5.05. The number of hydrogen-bond donors (Lipinski definition) is 0. The van der Waals surface area contributed by atoms with E-state index in [9.17, 15) is 0 Å². The molecule has 0 aliphatic carbocycles. The van der Waals surface area contributed by atoms with Crippen molar-refractivity contribution in [3.8, 4) is 0 Å². The zero-order valence-corrected chi connectivity index (χ0v) is 12.7. The molecule has 0 spiro atoms. The van der Waals surface area contributed by atoms with Gasteiger partial charge in [0.05, 0.1) is 6.34 Å². The van der Waals surface area contributed by atoms with Crippen molar-refractivity contribution < 1.29 is 0 Å². The molecule has 0 aliphatic heterocycles. The molecule has 0 atom stereocenters. The van der Waals surface area contributed by atoms with E-state index in [1.807, 2.05) is 63.5 Å². The van der Waals surface area contributed by atoms with Crippen LogP contribution in [0.15, 0.2) is 59.8 Å². The average molecular weight is 258 g/mol. The van der Waals surface area contributed by atoms with Crippen molar-refractivity contribution in [3.05, 3.63) is 54.8 Å². The number of hydrogen-bond acceptors (Lipinski definition) is 1. The highest BCUT2D eigenvalue weighted by Gasteiger charge is 2.06. The first-order chi connectivity index (χ1) is 9.25. The Kier molecular flexibility index (Phi) is 10.2. The summed E-state index contributed by atoms with van der Waals surface area (Å²) in [6, 6.07) is 10.6. The maximum absolute atomic E-state index is 4.28. The Morgan fingerprint density at radius 3 is 2.21 bits per heavy atom. The molecule has 0 fully saturated rings. The molecule has 19 heavy (non-hydrogen) atoms. The van der Waals surface area contributed by atoms with Gasteiger partial charge >= 0.3 is 0 Å². The van der Waals surface area contributed by atoms with Crippen LogP contribution in [0.1, 0.15) is 34.6 Å². The van der Waals surface area contributed by atoms with Crippen LogP contribution < -0.4 is 4.90 Å².